The first-order valence-electron chi connectivity index (χ1n) is 35.8. The largest absolute Gasteiger partial charge is 0.392 e. The van der Waals surface area contributed by atoms with E-state index in [2.05, 4.69) is 57.2 Å². The number of aromatic nitrogens is 4. The van der Waals surface area contributed by atoms with Gasteiger partial charge in [0.15, 0.2) is 0 Å². The number of halogens is 8. The standard InChI is InChI=1S/C23H21Cl2N3O2.2C22H19Cl2N3O3.C20H15Cl2N3O2/c1-3-28(4-2)23(30)15-8-10-17(20(25)13-15)22(29)27-16-9-11-19(24)18(14-16)21-7-5-6-12-26-21;1-13(28)12-26-21(29)14-5-7-16(19(24)10-14)22(30)27-15-6-8-18(23)17(11-15)20-4-2-3-9-25-20;1-30-11-10-26-21(28)14-5-7-16(19(24)12-14)22(29)27-15-6-8-18(23)17(13-15)20-4-2-3-9-25-20;1-23-19(26)12-5-7-14(17(22)10-12)20(27)25-13-6-8-16(21)15(11-13)18-4-2-3-9-24-18/h5-14H,3-4H2,1-2H3,(H,27,29);2-11,13,28H,12H2,1H3,(H,26,29)(H,27,30);2-9,12-13H,10-11H2,1H3,(H,26,28)(H,27,29);2-11H,1H3,(H,23,26)(H,25,27)/t;13-;;/m.0../s1. The molecule has 598 valence electrons. The van der Waals surface area contributed by atoms with Crippen LogP contribution in [0.25, 0.3) is 45.0 Å². The maximum Gasteiger partial charge on any atom is 0.257 e. The van der Waals surface area contributed by atoms with E-state index in [-0.39, 0.29) is 78.4 Å². The molecule has 1 atom stereocenters. The van der Waals surface area contributed by atoms with Gasteiger partial charge in [-0.3, -0.25) is 58.3 Å². The van der Waals surface area contributed by atoms with Gasteiger partial charge in [-0.15, -0.1) is 0 Å². The highest BCUT2D eigenvalue weighted by Gasteiger charge is 2.22. The van der Waals surface area contributed by atoms with Gasteiger partial charge in [0.2, 0.25) is 0 Å². The number of nitrogens with one attached hydrogen (secondary N) is 7. The van der Waals surface area contributed by atoms with Gasteiger partial charge in [0, 0.05) is 132 Å². The molecule has 0 aliphatic carbocycles. The minimum absolute atomic E-state index is 0.119. The van der Waals surface area contributed by atoms with E-state index in [4.69, 9.17) is 97.5 Å². The summed E-state index contributed by atoms with van der Waals surface area (Å²) in [5.41, 5.74) is 10.3. The van der Waals surface area contributed by atoms with Crippen LogP contribution >= 0.6 is 92.8 Å². The molecule has 0 saturated heterocycles. The minimum atomic E-state index is -0.662. The molecule has 4 aromatic heterocycles. The van der Waals surface area contributed by atoms with Crippen LogP contribution in [-0.4, -0.2) is 130 Å². The number of carbonyl (C=O) groups excluding carboxylic acids is 8. The Morgan fingerprint density at radius 1 is 0.368 bits per heavy atom. The third-order valence-corrected chi connectivity index (χ3v) is 19.5. The summed E-state index contributed by atoms with van der Waals surface area (Å²) in [5.74, 6) is -2.67. The summed E-state index contributed by atoms with van der Waals surface area (Å²) >= 11 is 50.1. The Balaban J connectivity index is 0.000000178. The maximum absolute atomic E-state index is 12.8. The summed E-state index contributed by atoms with van der Waals surface area (Å²) in [5, 5.41) is 31.0. The Bertz CT molecular complexity index is 5570. The van der Waals surface area contributed by atoms with Crippen molar-refractivity contribution in [1.29, 1.82) is 0 Å². The number of ether oxygens (including phenoxy) is 1. The molecule has 4 heterocycles. The summed E-state index contributed by atoms with van der Waals surface area (Å²) in [6.45, 7) is 7.50. The fourth-order valence-corrected chi connectivity index (χ4v) is 12.9. The van der Waals surface area contributed by atoms with E-state index in [1.807, 2.05) is 80.6 Å². The molecule has 8 amide bonds. The van der Waals surface area contributed by atoms with Crippen LogP contribution < -0.4 is 37.2 Å². The Morgan fingerprint density at radius 2 is 0.658 bits per heavy atom. The lowest BCUT2D eigenvalue weighted by Gasteiger charge is -2.19. The monoisotopic (exact) mass is 1730 g/mol. The highest BCUT2D eigenvalue weighted by Crippen LogP contribution is 2.35. The number of carbonyl (C=O) groups is 8. The summed E-state index contributed by atoms with van der Waals surface area (Å²) in [7, 11) is 3.08. The second-order valence-electron chi connectivity index (χ2n) is 25.1. The predicted octanol–water partition coefficient (Wildman–Crippen LogP) is 19.6. The first kappa shape index (κ1) is 89.3. The van der Waals surface area contributed by atoms with Crippen molar-refractivity contribution in [2.75, 3.05) is 68.2 Å². The van der Waals surface area contributed by atoms with Gasteiger partial charge in [-0.05, 0) is 215 Å². The zero-order chi connectivity index (χ0) is 84.2. The van der Waals surface area contributed by atoms with E-state index in [9.17, 15) is 43.5 Å². The van der Waals surface area contributed by atoms with Crippen molar-refractivity contribution in [2.45, 2.75) is 26.9 Å². The molecule has 30 heteroatoms. The molecule has 0 spiro atoms. The van der Waals surface area contributed by atoms with Gasteiger partial charge in [-0.25, -0.2) is 0 Å². The van der Waals surface area contributed by atoms with Crippen LogP contribution in [0, 0.1) is 0 Å². The Morgan fingerprint density at radius 3 is 0.923 bits per heavy atom. The van der Waals surface area contributed by atoms with Crippen molar-refractivity contribution in [3.05, 3.63) is 328 Å². The molecule has 12 rings (SSSR count). The number of hydrogen-bond acceptors (Lipinski definition) is 14. The topological polar surface area (TPSA) is 305 Å². The lowest BCUT2D eigenvalue weighted by atomic mass is 10.1. The molecule has 0 saturated carbocycles. The Kier molecular flexibility index (Phi) is 33.5. The molecule has 8 N–H and O–H groups in total. The predicted molar refractivity (Wildman–Crippen MR) is 465 cm³/mol. The van der Waals surface area contributed by atoms with Crippen LogP contribution in [0.5, 0.6) is 0 Å². The number of amides is 8. The normalized spacial score (nSPS) is 10.8. The zero-order valence-corrected chi connectivity index (χ0v) is 69.1. The van der Waals surface area contributed by atoms with Crippen LogP contribution in [0.2, 0.25) is 40.2 Å². The summed E-state index contributed by atoms with van der Waals surface area (Å²) in [6.07, 6.45) is 6.02. The second-order valence-corrected chi connectivity index (χ2v) is 28.4. The van der Waals surface area contributed by atoms with Crippen molar-refractivity contribution < 1.29 is 48.2 Å². The smallest absolute Gasteiger partial charge is 0.257 e. The van der Waals surface area contributed by atoms with Gasteiger partial charge >= 0.3 is 0 Å². The molecule has 0 unspecified atom stereocenters. The number of aliphatic hydroxyl groups excluding tert-OH is 1. The van der Waals surface area contributed by atoms with Gasteiger partial charge in [0.05, 0.1) is 97.9 Å². The van der Waals surface area contributed by atoms with Crippen LogP contribution in [-0.2, 0) is 4.74 Å². The molecular weight excluding hydrogens is 1660 g/mol. The zero-order valence-electron chi connectivity index (χ0n) is 63.1. The highest BCUT2D eigenvalue weighted by molar-refractivity contribution is 6.38. The third kappa shape index (κ3) is 25.2. The van der Waals surface area contributed by atoms with Crippen molar-refractivity contribution >= 4 is 163 Å². The van der Waals surface area contributed by atoms with Crippen LogP contribution in [0.3, 0.4) is 0 Å². The quantitative estimate of drug-likeness (QED) is 0.0276. The van der Waals surface area contributed by atoms with E-state index < -0.39 is 23.8 Å². The van der Waals surface area contributed by atoms with Gasteiger partial charge in [-0.2, -0.15) is 0 Å². The number of anilines is 4. The first-order chi connectivity index (χ1) is 56.3. The molecule has 117 heavy (non-hydrogen) atoms. The number of methoxy groups -OCH3 is 1. The molecule has 8 aromatic carbocycles. The van der Waals surface area contributed by atoms with E-state index in [1.54, 1.807) is 147 Å². The van der Waals surface area contributed by atoms with Gasteiger partial charge in [0.25, 0.3) is 47.3 Å². The highest BCUT2D eigenvalue weighted by atomic mass is 35.5. The molecule has 0 bridgehead atoms. The van der Waals surface area contributed by atoms with Crippen LogP contribution in [0.1, 0.15) is 104 Å². The minimum Gasteiger partial charge on any atom is -0.392 e. The van der Waals surface area contributed by atoms with E-state index in [0.29, 0.717) is 136 Å². The second kappa shape index (κ2) is 43.9. The SMILES string of the molecule is CCN(CC)C(=O)c1ccc(C(=O)Nc2ccc(Cl)c(-c3ccccn3)c2)c(Cl)c1.CNC(=O)c1ccc(C(=O)Nc2ccc(Cl)c(-c3ccccn3)c2)c(Cl)c1.COCCNC(=O)c1ccc(C(=O)Nc2ccc(Cl)c(-c3ccccn3)c2)c(Cl)c1.C[C@H](O)CNC(=O)c1ccc(C(=O)Nc2ccc(Cl)c(-c3ccccn3)c2)c(Cl)c1. The Labute approximate surface area is 714 Å². The van der Waals surface area contributed by atoms with E-state index in [1.165, 1.54) is 55.6 Å². The fraction of sp³-hybridized carbons (Fsp3) is 0.126. The fourth-order valence-electron chi connectivity index (χ4n) is 11.0. The molecule has 0 aliphatic heterocycles. The molecule has 12 aromatic rings. The summed E-state index contributed by atoms with van der Waals surface area (Å²) < 4.78 is 4.90. The van der Waals surface area contributed by atoms with Gasteiger partial charge < -0.3 is 52.0 Å². The average molecular weight is 1730 g/mol. The van der Waals surface area contributed by atoms with Crippen molar-refractivity contribution in [3.63, 3.8) is 0 Å². The van der Waals surface area contributed by atoms with Gasteiger partial charge in [-0.1, -0.05) is 117 Å². The first-order valence-corrected chi connectivity index (χ1v) is 38.8. The lowest BCUT2D eigenvalue weighted by Crippen LogP contribution is -2.30. The molecule has 0 fully saturated rings. The average Bonchev–Trinajstić information content (AvgIpc) is 0.828. The maximum atomic E-state index is 12.8. The van der Waals surface area contributed by atoms with Crippen molar-refractivity contribution in [3.8, 4) is 45.0 Å². The van der Waals surface area contributed by atoms with Gasteiger partial charge in [0.1, 0.15) is 0 Å². The van der Waals surface area contributed by atoms with Crippen LogP contribution in [0.15, 0.2) is 243 Å². The number of pyridine rings is 4. The van der Waals surface area contributed by atoms with Crippen molar-refractivity contribution in [2.24, 2.45) is 0 Å². The molecular formula is C87H74Cl8N12O10. The molecule has 0 aliphatic rings. The summed E-state index contributed by atoms with van der Waals surface area (Å²) in [6, 6.07) is 60.6. The summed E-state index contributed by atoms with van der Waals surface area (Å²) in [4.78, 5) is 118. The molecule has 22 nitrogen and oxygen atoms in total. The Hall–Kier alpha value is -11.6. The van der Waals surface area contributed by atoms with Crippen molar-refractivity contribution in [1.82, 2.24) is 40.8 Å². The number of benzene rings is 8. The number of hydrogen-bond donors (Lipinski definition) is 8. The number of rotatable bonds is 23. The third-order valence-electron chi connectivity index (χ3n) is 17.0. The van der Waals surface area contributed by atoms with E-state index >= 15 is 0 Å². The number of nitrogens with zero attached hydrogens (tertiary/aromatic N) is 5. The number of aliphatic hydroxyl groups is 1. The van der Waals surface area contributed by atoms with E-state index in [0.717, 1.165) is 0 Å². The lowest BCUT2D eigenvalue weighted by molar-refractivity contribution is 0.0771. The van der Waals surface area contributed by atoms with Crippen LogP contribution in [0.4, 0.5) is 22.7 Å². The molecule has 0 radical (unpaired) electrons.